The molecule has 0 aliphatic rings. The molecule has 0 bridgehead atoms. The van der Waals surface area contributed by atoms with Crippen LogP contribution in [0, 0.1) is 37.6 Å². The molecule has 0 saturated carbocycles. The molecule has 1 radical (unpaired) electrons. The average molecular weight is 733 g/mol. The SMILES string of the molecule is CCC(C)(CC)C(=O)/C=C(\O)C(C)(CC)CC.[2H]C([2H])([2H])c1nc(-c2[c-]c(C)cc(C)c2)c2ccc3ccccc3c2n1.[Ir]. The molecule has 0 saturated heterocycles. The van der Waals surface area contributed by atoms with Gasteiger partial charge in [0.15, 0.2) is 5.78 Å². The summed E-state index contributed by atoms with van der Waals surface area (Å²) in [4.78, 5) is 21.0. The van der Waals surface area contributed by atoms with Crippen LogP contribution in [0.5, 0.6) is 0 Å². The summed E-state index contributed by atoms with van der Waals surface area (Å²) in [6.07, 6.45) is 4.75. The van der Waals surface area contributed by atoms with Crippen LogP contribution < -0.4 is 0 Å². The molecule has 1 heterocycles. The number of aryl methyl sites for hydroxylation is 3. The van der Waals surface area contributed by atoms with Gasteiger partial charge >= 0.3 is 0 Å². The van der Waals surface area contributed by atoms with Crippen LogP contribution in [-0.4, -0.2) is 20.9 Å². The van der Waals surface area contributed by atoms with Crippen LogP contribution in [0.4, 0.5) is 0 Å². The van der Waals surface area contributed by atoms with E-state index in [1.165, 1.54) is 6.08 Å². The smallest absolute Gasteiger partial charge is 0.164 e. The summed E-state index contributed by atoms with van der Waals surface area (Å²) in [6, 6.07) is 19.1. The summed E-state index contributed by atoms with van der Waals surface area (Å²) in [5.41, 5.74) is 3.53. The molecule has 41 heavy (non-hydrogen) atoms. The van der Waals surface area contributed by atoms with Gasteiger partial charge in [-0.3, -0.25) is 9.78 Å². The molecule has 0 fully saturated rings. The van der Waals surface area contributed by atoms with Crippen molar-refractivity contribution in [3.63, 3.8) is 0 Å². The van der Waals surface area contributed by atoms with Gasteiger partial charge in [0, 0.05) is 46.5 Å². The molecule has 0 amide bonds. The van der Waals surface area contributed by atoms with E-state index in [9.17, 15) is 9.90 Å². The number of carbonyl (C=O) groups excluding carboxylic acids is 1. The van der Waals surface area contributed by atoms with Gasteiger partial charge in [-0.05, 0) is 49.0 Å². The second-order valence-electron chi connectivity index (χ2n) is 11.3. The van der Waals surface area contributed by atoms with E-state index >= 15 is 0 Å². The topological polar surface area (TPSA) is 63.1 Å². The third kappa shape index (κ3) is 7.70. The van der Waals surface area contributed by atoms with Crippen LogP contribution in [0.25, 0.3) is 32.9 Å². The van der Waals surface area contributed by atoms with Crippen LogP contribution in [0.1, 0.15) is 88.3 Å². The summed E-state index contributed by atoms with van der Waals surface area (Å²) >= 11 is 0. The number of aromatic nitrogens is 2. The van der Waals surface area contributed by atoms with Gasteiger partial charge in [-0.2, -0.15) is 0 Å². The number of hydrogen-bond acceptors (Lipinski definition) is 4. The van der Waals surface area contributed by atoms with Gasteiger partial charge in [0.05, 0.1) is 5.52 Å². The fourth-order valence-corrected chi connectivity index (χ4v) is 4.78. The monoisotopic (exact) mass is 733 g/mol. The third-order valence-corrected chi connectivity index (χ3v) is 8.60. The zero-order valence-corrected chi connectivity index (χ0v) is 28.0. The number of rotatable bonds is 8. The van der Waals surface area contributed by atoms with Gasteiger partial charge in [0.2, 0.25) is 0 Å². The van der Waals surface area contributed by atoms with Crippen LogP contribution in [-0.2, 0) is 24.9 Å². The van der Waals surface area contributed by atoms with E-state index in [1.54, 1.807) is 0 Å². The fraction of sp³-hybridized carbons (Fsp3) is 0.417. The van der Waals surface area contributed by atoms with E-state index in [2.05, 4.69) is 16.0 Å². The molecule has 0 atom stereocenters. The minimum absolute atomic E-state index is 0. The molecule has 0 spiro atoms. The normalized spacial score (nSPS) is 13.5. The molecule has 0 unspecified atom stereocenters. The number of hydrogen-bond donors (Lipinski definition) is 1. The number of carbonyl (C=O) groups is 1. The Bertz CT molecular complexity index is 1620. The van der Waals surface area contributed by atoms with Crippen molar-refractivity contribution in [2.24, 2.45) is 10.8 Å². The molecular formula is C36H45IrN2O2-. The summed E-state index contributed by atoms with van der Waals surface area (Å²) in [7, 11) is 0. The first-order chi connectivity index (χ1) is 20.1. The van der Waals surface area contributed by atoms with Gasteiger partial charge in [0.25, 0.3) is 0 Å². The first kappa shape index (κ1) is 29.6. The van der Waals surface area contributed by atoms with Crippen molar-refractivity contribution in [1.82, 2.24) is 9.97 Å². The molecule has 4 aromatic rings. The molecule has 4 nitrogen and oxygen atoms in total. The van der Waals surface area contributed by atoms with Crippen LogP contribution in [0.2, 0.25) is 0 Å². The first-order valence-corrected chi connectivity index (χ1v) is 14.3. The van der Waals surface area contributed by atoms with Crippen LogP contribution >= 0.6 is 0 Å². The predicted octanol–water partition coefficient (Wildman–Crippen LogP) is 9.82. The summed E-state index contributed by atoms with van der Waals surface area (Å²) in [6.45, 7) is 13.7. The van der Waals surface area contributed by atoms with E-state index in [4.69, 9.17) is 4.11 Å². The summed E-state index contributed by atoms with van der Waals surface area (Å²) in [5.74, 6) is 0.151. The number of allylic oxidation sites excluding steroid dienone is 2. The maximum Gasteiger partial charge on any atom is 0.164 e. The Morgan fingerprint density at radius 1 is 0.927 bits per heavy atom. The zero-order chi connectivity index (χ0) is 32.2. The van der Waals surface area contributed by atoms with Gasteiger partial charge in [0.1, 0.15) is 11.6 Å². The van der Waals surface area contributed by atoms with E-state index in [0.29, 0.717) is 11.2 Å². The van der Waals surface area contributed by atoms with Crippen molar-refractivity contribution in [2.75, 3.05) is 0 Å². The van der Waals surface area contributed by atoms with E-state index in [0.717, 1.165) is 58.5 Å². The minimum atomic E-state index is -2.38. The Hall–Kier alpha value is -2.88. The average Bonchev–Trinajstić information content (AvgIpc) is 2.98. The van der Waals surface area contributed by atoms with Gasteiger partial charge in [-0.1, -0.05) is 91.8 Å². The Balaban J connectivity index is 0.000000331. The first-order valence-electron chi connectivity index (χ1n) is 15.8. The van der Waals surface area contributed by atoms with Crippen LogP contribution in [0.3, 0.4) is 0 Å². The van der Waals surface area contributed by atoms with Crippen molar-refractivity contribution in [1.29, 1.82) is 0 Å². The Kier molecular flexibility index (Phi) is 10.4. The molecule has 3 aromatic carbocycles. The van der Waals surface area contributed by atoms with Gasteiger partial charge in [-0.15, -0.1) is 34.9 Å². The number of aliphatic hydroxyl groups excluding tert-OH is 1. The fourth-order valence-electron chi connectivity index (χ4n) is 4.78. The Labute approximate surface area is 264 Å². The Morgan fingerprint density at radius 2 is 1.56 bits per heavy atom. The maximum absolute atomic E-state index is 12.2. The van der Waals surface area contributed by atoms with Gasteiger partial charge < -0.3 is 5.11 Å². The largest absolute Gasteiger partial charge is 0.512 e. The maximum atomic E-state index is 12.2. The third-order valence-electron chi connectivity index (χ3n) is 8.60. The van der Waals surface area contributed by atoms with Gasteiger partial charge in [-0.25, -0.2) is 4.98 Å². The zero-order valence-electron chi connectivity index (χ0n) is 28.6. The van der Waals surface area contributed by atoms with Crippen molar-refractivity contribution in [2.45, 2.75) is 87.9 Å². The number of fused-ring (bicyclic) bond motifs is 3. The molecule has 4 rings (SSSR count). The van der Waals surface area contributed by atoms with E-state index in [1.807, 2.05) is 104 Å². The number of ketones is 1. The number of benzene rings is 3. The van der Waals surface area contributed by atoms with Crippen molar-refractivity contribution in [3.05, 3.63) is 83.4 Å². The number of nitrogens with zero attached hydrogens (tertiary/aromatic N) is 2. The van der Waals surface area contributed by atoms with E-state index < -0.39 is 6.85 Å². The van der Waals surface area contributed by atoms with Crippen molar-refractivity contribution >= 4 is 27.5 Å². The number of aliphatic hydroxyl groups is 1. The molecule has 221 valence electrons. The molecule has 0 aliphatic heterocycles. The van der Waals surface area contributed by atoms with Crippen molar-refractivity contribution in [3.8, 4) is 11.3 Å². The quantitative estimate of drug-likeness (QED) is 0.0849. The second kappa shape index (κ2) is 14.3. The molecule has 0 aliphatic carbocycles. The second-order valence-corrected chi connectivity index (χ2v) is 11.3. The van der Waals surface area contributed by atoms with Crippen molar-refractivity contribution < 1.29 is 34.1 Å². The van der Waals surface area contributed by atoms with Crippen LogP contribution in [0.15, 0.2) is 60.4 Å². The molecule has 1 N–H and O–H groups in total. The van der Waals surface area contributed by atoms with E-state index in [-0.39, 0.29) is 48.3 Å². The summed E-state index contributed by atoms with van der Waals surface area (Å²) < 4.78 is 23.4. The molecule has 5 heteroatoms. The summed E-state index contributed by atoms with van der Waals surface area (Å²) in [5, 5.41) is 12.9. The predicted molar refractivity (Wildman–Crippen MR) is 169 cm³/mol. The minimum Gasteiger partial charge on any atom is -0.512 e. The standard InChI is InChI=1S/C21H17N2.C15H28O2.Ir/c1-13-10-14(2)12-17(11-13)20-19-9-8-16-6-4-5-7-18(16)21(19)23-15(3)22-20;1-7-14(5,8-2)12(16)11-13(17)15(6,9-3)10-4;/h4-11H,1-3H3;11,16H,7-10H2,1-6H3;/q-1;;/b;12-11-;/i3D3;;. The Morgan fingerprint density at radius 3 is 2.15 bits per heavy atom. The molecular weight excluding hydrogens is 685 g/mol. The molecule has 1 aromatic heterocycles.